The molecule has 0 radical (unpaired) electrons. The van der Waals surface area contributed by atoms with E-state index in [1.807, 2.05) is 17.9 Å². The molecule has 2 aliphatic heterocycles. The average molecular weight is 463 g/mol. The topological polar surface area (TPSA) is 79.0 Å². The number of hydrogen-bond donors (Lipinski definition) is 1. The third-order valence-electron chi connectivity index (χ3n) is 7.32. The molecular formula is C28H38N4O2. The summed E-state index contributed by atoms with van der Waals surface area (Å²) in [4.78, 5) is 34.1. The van der Waals surface area contributed by atoms with Crippen LogP contribution in [0.4, 0.5) is 0 Å². The Morgan fingerprint density at radius 2 is 1.85 bits per heavy atom. The van der Waals surface area contributed by atoms with Crippen LogP contribution in [0.3, 0.4) is 0 Å². The van der Waals surface area contributed by atoms with E-state index in [0.29, 0.717) is 37.2 Å². The molecule has 6 heteroatoms. The van der Waals surface area contributed by atoms with Gasteiger partial charge in [0.2, 0.25) is 5.91 Å². The van der Waals surface area contributed by atoms with E-state index in [2.05, 4.69) is 55.3 Å². The Morgan fingerprint density at radius 3 is 2.47 bits per heavy atom. The van der Waals surface area contributed by atoms with Gasteiger partial charge in [0, 0.05) is 26.1 Å². The van der Waals surface area contributed by atoms with Gasteiger partial charge < -0.3 is 10.6 Å². The minimum Gasteiger partial charge on any atom is -0.369 e. The molecule has 0 bridgehead atoms. The number of benzene rings is 1. The second-order valence-corrected chi connectivity index (χ2v) is 10.6. The van der Waals surface area contributed by atoms with E-state index in [9.17, 15) is 9.59 Å². The summed E-state index contributed by atoms with van der Waals surface area (Å²) in [5.74, 6) is 1.29. The zero-order valence-corrected chi connectivity index (χ0v) is 20.8. The summed E-state index contributed by atoms with van der Waals surface area (Å²) in [6.45, 7) is 8.17. The lowest BCUT2D eigenvalue weighted by Gasteiger charge is -2.34. The van der Waals surface area contributed by atoms with Crippen LogP contribution >= 0.6 is 0 Å². The summed E-state index contributed by atoms with van der Waals surface area (Å²) in [6, 6.07) is 10.4. The summed E-state index contributed by atoms with van der Waals surface area (Å²) in [5, 5.41) is 0. The molecule has 1 unspecified atom stereocenters. The quantitative estimate of drug-likeness (QED) is 0.653. The Labute approximate surface area is 203 Å². The molecule has 34 heavy (non-hydrogen) atoms. The summed E-state index contributed by atoms with van der Waals surface area (Å²) < 4.78 is 0. The van der Waals surface area contributed by atoms with Gasteiger partial charge in [0.25, 0.3) is 5.91 Å². The molecule has 2 amide bonds. The molecule has 1 saturated heterocycles. The Bertz CT molecular complexity index is 1000. The summed E-state index contributed by atoms with van der Waals surface area (Å²) >= 11 is 0. The molecule has 0 spiro atoms. The molecule has 3 aliphatic rings. The maximum Gasteiger partial charge on any atom is 0.257 e. The number of aliphatic imine (C=N–C) groups is 1. The Kier molecular flexibility index (Phi) is 7.24. The lowest BCUT2D eigenvalue weighted by Crippen LogP contribution is -2.47. The molecule has 1 aromatic carbocycles. The van der Waals surface area contributed by atoms with E-state index in [0.717, 1.165) is 38.8 Å². The molecule has 2 N–H and O–H groups in total. The zero-order valence-electron chi connectivity index (χ0n) is 20.8. The van der Waals surface area contributed by atoms with E-state index in [-0.39, 0.29) is 11.8 Å². The van der Waals surface area contributed by atoms with Gasteiger partial charge in [-0.3, -0.25) is 14.5 Å². The van der Waals surface area contributed by atoms with E-state index >= 15 is 0 Å². The second kappa shape index (κ2) is 10.2. The molecule has 1 aliphatic carbocycles. The van der Waals surface area contributed by atoms with Crippen LogP contribution in [-0.2, 0) is 9.59 Å². The summed E-state index contributed by atoms with van der Waals surface area (Å²) in [6.07, 6.45) is 9.20. The molecule has 6 nitrogen and oxygen atoms in total. The number of carbonyl (C=O) groups is 2. The van der Waals surface area contributed by atoms with Crippen LogP contribution in [0.25, 0.3) is 5.57 Å². The predicted octanol–water partition coefficient (Wildman–Crippen LogP) is 4.38. The van der Waals surface area contributed by atoms with E-state index in [1.54, 1.807) is 4.90 Å². The van der Waals surface area contributed by atoms with Crippen molar-refractivity contribution in [2.45, 2.75) is 64.8 Å². The maximum atomic E-state index is 13.0. The van der Waals surface area contributed by atoms with Gasteiger partial charge in [-0.15, -0.1) is 0 Å². The largest absolute Gasteiger partial charge is 0.369 e. The third kappa shape index (κ3) is 5.43. The van der Waals surface area contributed by atoms with Crippen LogP contribution in [0.15, 0.2) is 53.0 Å². The van der Waals surface area contributed by atoms with Crippen molar-refractivity contribution in [2.75, 3.05) is 19.6 Å². The van der Waals surface area contributed by atoms with Crippen molar-refractivity contribution >= 4 is 23.3 Å². The SMILES string of the molecule is CC(C)CC1(C)N=C(N)N(CC2CCN(C(=O)CC3=CC=C(c4ccccc4)CC3)CC2)C1=O. The fraction of sp³-hybridized carbons (Fsp3) is 0.536. The molecule has 0 aromatic heterocycles. The van der Waals surface area contributed by atoms with E-state index in [1.165, 1.54) is 16.7 Å². The van der Waals surface area contributed by atoms with Gasteiger partial charge in [-0.1, -0.05) is 61.9 Å². The number of hydrogen-bond acceptors (Lipinski definition) is 4. The molecule has 2 heterocycles. The predicted molar refractivity (Wildman–Crippen MR) is 137 cm³/mol. The molecule has 0 saturated carbocycles. The summed E-state index contributed by atoms with van der Waals surface area (Å²) in [7, 11) is 0. The second-order valence-electron chi connectivity index (χ2n) is 10.6. The van der Waals surface area contributed by atoms with Crippen LogP contribution in [-0.4, -0.2) is 52.7 Å². The fourth-order valence-electron chi connectivity index (χ4n) is 5.51. The smallest absolute Gasteiger partial charge is 0.257 e. The first-order valence-electron chi connectivity index (χ1n) is 12.6. The number of rotatable bonds is 7. The number of nitrogens with two attached hydrogens (primary N) is 1. The number of guanidine groups is 1. The number of likely N-dealkylation sites (tertiary alicyclic amines) is 1. The highest BCUT2D eigenvalue weighted by Crippen LogP contribution is 2.31. The van der Waals surface area contributed by atoms with Gasteiger partial charge in [-0.05, 0) is 62.0 Å². The Morgan fingerprint density at radius 1 is 1.15 bits per heavy atom. The average Bonchev–Trinajstić information content (AvgIpc) is 3.02. The first-order chi connectivity index (χ1) is 16.2. The van der Waals surface area contributed by atoms with Gasteiger partial charge in [-0.2, -0.15) is 0 Å². The van der Waals surface area contributed by atoms with Crippen LogP contribution in [0.2, 0.25) is 0 Å². The first kappa shape index (κ1) is 24.2. The highest BCUT2D eigenvalue weighted by Gasteiger charge is 2.44. The molecule has 1 fully saturated rings. The fourth-order valence-corrected chi connectivity index (χ4v) is 5.51. The van der Waals surface area contributed by atoms with Gasteiger partial charge in [0.05, 0.1) is 0 Å². The van der Waals surface area contributed by atoms with Gasteiger partial charge in [0.15, 0.2) is 5.96 Å². The number of carbonyl (C=O) groups excluding carboxylic acids is 2. The molecule has 1 aromatic rings. The van der Waals surface area contributed by atoms with Crippen LogP contribution in [0, 0.1) is 11.8 Å². The first-order valence-corrected chi connectivity index (χ1v) is 12.6. The molecular weight excluding hydrogens is 424 g/mol. The maximum absolute atomic E-state index is 13.0. The number of piperidine rings is 1. The van der Waals surface area contributed by atoms with Crippen molar-refractivity contribution in [3.8, 4) is 0 Å². The normalized spacial score (nSPS) is 23.8. The molecule has 4 rings (SSSR count). The summed E-state index contributed by atoms with van der Waals surface area (Å²) in [5.41, 5.74) is 9.21. The highest BCUT2D eigenvalue weighted by atomic mass is 16.2. The highest BCUT2D eigenvalue weighted by molar-refractivity contribution is 6.06. The van der Waals surface area contributed by atoms with E-state index in [4.69, 9.17) is 5.73 Å². The van der Waals surface area contributed by atoms with Crippen molar-refractivity contribution in [1.82, 2.24) is 9.80 Å². The zero-order chi connectivity index (χ0) is 24.3. The van der Waals surface area contributed by atoms with Crippen molar-refractivity contribution in [3.05, 3.63) is 53.6 Å². The van der Waals surface area contributed by atoms with E-state index < -0.39 is 5.54 Å². The van der Waals surface area contributed by atoms with Crippen LogP contribution in [0.1, 0.15) is 64.9 Å². The minimum absolute atomic E-state index is 0.0179. The third-order valence-corrected chi connectivity index (χ3v) is 7.32. The van der Waals surface area contributed by atoms with Gasteiger partial charge >= 0.3 is 0 Å². The number of amides is 2. The molecule has 1 atom stereocenters. The Balaban J connectivity index is 1.26. The van der Waals surface area contributed by atoms with Crippen LogP contribution in [0.5, 0.6) is 0 Å². The van der Waals surface area contributed by atoms with Gasteiger partial charge in [0.1, 0.15) is 5.54 Å². The van der Waals surface area contributed by atoms with Crippen molar-refractivity contribution in [2.24, 2.45) is 22.6 Å². The standard InChI is InChI=1S/C28H38N4O2/c1-20(2)18-28(3)26(34)32(27(29)30-28)19-22-13-15-31(16-14-22)25(33)17-21-9-11-24(12-10-21)23-7-5-4-6-8-23/h4-9,11,20,22H,10,12-19H2,1-3H3,(H2,29,30). The number of nitrogens with zero attached hydrogens (tertiary/aromatic N) is 3. The lowest BCUT2D eigenvalue weighted by atomic mass is 9.90. The van der Waals surface area contributed by atoms with Gasteiger partial charge in [-0.25, -0.2) is 4.99 Å². The lowest BCUT2D eigenvalue weighted by molar-refractivity contribution is -0.134. The number of allylic oxidation sites excluding steroid dienone is 3. The van der Waals surface area contributed by atoms with Crippen molar-refractivity contribution in [1.29, 1.82) is 0 Å². The molecule has 182 valence electrons. The van der Waals surface area contributed by atoms with Crippen molar-refractivity contribution < 1.29 is 9.59 Å². The van der Waals surface area contributed by atoms with Crippen LogP contribution < -0.4 is 5.73 Å². The van der Waals surface area contributed by atoms with Crippen molar-refractivity contribution in [3.63, 3.8) is 0 Å². The monoisotopic (exact) mass is 462 g/mol. The minimum atomic E-state index is -0.739. The Hall–Kier alpha value is -2.89.